The number of benzene rings is 1. The molecule has 0 aliphatic rings. The molecule has 1 N–H and O–H groups in total. The van der Waals surface area contributed by atoms with Crippen molar-refractivity contribution in [3.63, 3.8) is 0 Å². The number of ether oxygens (including phenoxy) is 1. The van der Waals surface area contributed by atoms with Crippen LogP contribution in [0.5, 0.6) is 0 Å². The minimum Gasteiger partial charge on any atom is -0.380 e. The van der Waals surface area contributed by atoms with Gasteiger partial charge < -0.3 is 10.1 Å². The molecule has 0 saturated carbocycles. The van der Waals surface area contributed by atoms with Gasteiger partial charge in [-0.25, -0.2) is 4.39 Å². The van der Waals surface area contributed by atoms with Gasteiger partial charge in [0.2, 0.25) is 0 Å². The third-order valence-corrected chi connectivity index (χ3v) is 2.72. The lowest BCUT2D eigenvalue weighted by Gasteiger charge is -2.24. The van der Waals surface area contributed by atoms with Crippen molar-refractivity contribution in [2.24, 2.45) is 0 Å². The van der Waals surface area contributed by atoms with Gasteiger partial charge in [0.1, 0.15) is 5.82 Å². The van der Waals surface area contributed by atoms with Crippen LogP contribution in [-0.4, -0.2) is 20.3 Å². The average molecular weight is 211 g/mol. The SMILES string of the molecule is CNC(c1ccc(F)cc1C)C(C)OC. The summed E-state index contributed by atoms with van der Waals surface area (Å²) in [5.41, 5.74) is 2.02. The van der Waals surface area contributed by atoms with E-state index in [0.29, 0.717) is 0 Å². The average Bonchev–Trinajstić information content (AvgIpc) is 2.21. The highest BCUT2D eigenvalue weighted by Gasteiger charge is 2.18. The Morgan fingerprint density at radius 3 is 2.53 bits per heavy atom. The maximum Gasteiger partial charge on any atom is 0.123 e. The Bertz CT molecular complexity index is 327. The van der Waals surface area contributed by atoms with E-state index in [1.54, 1.807) is 19.2 Å². The fraction of sp³-hybridized carbons (Fsp3) is 0.500. The highest BCUT2D eigenvalue weighted by molar-refractivity contribution is 5.30. The maximum absolute atomic E-state index is 12.9. The highest BCUT2D eigenvalue weighted by Crippen LogP contribution is 2.22. The second-order valence-corrected chi connectivity index (χ2v) is 3.71. The van der Waals surface area contributed by atoms with Gasteiger partial charge in [0, 0.05) is 7.11 Å². The highest BCUT2D eigenvalue weighted by atomic mass is 19.1. The monoisotopic (exact) mass is 211 g/mol. The molecule has 0 aliphatic carbocycles. The molecule has 0 amide bonds. The summed E-state index contributed by atoms with van der Waals surface area (Å²) in [5, 5.41) is 3.18. The Morgan fingerprint density at radius 2 is 2.07 bits per heavy atom. The van der Waals surface area contributed by atoms with Gasteiger partial charge in [0.25, 0.3) is 0 Å². The molecule has 0 radical (unpaired) electrons. The third-order valence-electron chi connectivity index (χ3n) is 2.72. The summed E-state index contributed by atoms with van der Waals surface area (Å²) in [6.07, 6.45) is 0.0548. The summed E-state index contributed by atoms with van der Waals surface area (Å²) in [7, 11) is 3.55. The topological polar surface area (TPSA) is 21.3 Å². The van der Waals surface area contributed by atoms with Gasteiger partial charge >= 0.3 is 0 Å². The number of hydrogen-bond acceptors (Lipinski definition) is 2. The van der Waals surface area contributed by atoms with Crippen molar-refractivity contribution in [2.45, 2.75) is 26.0 Å². The molecule has 2 nitrogen and oxygen atoms in total. The Hall–Kier alpha value is -0.930. The number of aryl methyl sites for hydroxylation is 1. The van der Waals surface area contributed by atoms with E-state index in [1.807, 2.05) is 20.9 Å². The minimum absolute atomic E-state index is 0.0548. The molecule has 0 fully saturated rings. The van der Waals surface area contributed by atoms with Gasteiger partial charge in [-0.15, -0.1) is 0 Å². The zero-order chi connectivity index (χ0) is 11.4. The second kappa shape index (κ2) is 5.24. The van der Waals surface area contributed by atoms with Crippen LogP contribution in [0.15, 0.2) is 18.2 Å². The molecular weight excluding hydrogens is 193 g/mol. The normalized spacial score (nSPS) is 15.0. The molecule has 2 unspecified atom stereocenters. The van der Waals surface area contributed by atoms with Crippen molar-refractivity contribution in [2.75, 3.05) is 14.2 Å². The fourth-order valence-corrected chi connectivity index (χ4v) is 1.77. The summed E-state index contributed by atoms with van der Waals surface area (Å²) >= 11 is 0. The quantitative estimate of drug-likeness (QED) is 0.826. The largest absolute Gasteiger partial charge is 0.380 e. The number of likely N-dealkylation sites (N-methyl/N-ethyl adjacent to an activating group) is 1. The zero-order valence-corrected chi connectivity index (χ0v) is 9.67. The van der Waals surface area contributed by atoms with Crippen LogP contribution in [0.2, 0.25) is 0 Å². The van der Waals surface area contributed by atoms with E-state index in [-0.39, 0.29) is 18.0 Å². The molecule has 3 heteroatoms. The number of rotatable bonds is 4. The minimum atomic E-state index is -0.198. The van der Waals surface area contributed by atoms with Gasteiger partial charge in [-0.05, 0) is 44.2 Å². The first-order valence-corrected chi connectivity index (χ1v) is 5.06. The summed E-state index contributed by atoms with van der Waals surface area (Å²) in [6.45, 7) is 3.90. The van der Waals surface area contributed by atoms with Gasteiger partial charge in [0.05, 0.1) is 12.1 Å². The Morgan fingerprint density at radius 1 is 1.40 bits per heavy atom. The smallest absolute Gasteiger partial charge is 0.123 e. The van der Waals surface area contributed by atoms with Crippen LogP contribution in [-0.2, 0) is 4.74 Å². The fourth-order valence-electron chi connectivity index (χ4n) is 1.77. The van der Waals surface area contributed by atoms with Gasteiger partial charge in [-0.3, -0.25) is 0 Å². The van der Waals surface area contributed by atoms with E-state index in [1.165, 1.54) is 6.07 Å². The molecule has 0 spiro atoms. The number of methoxy groups -OCH3 is 1. The van der Waals surface area contributed by atoms with E-state index in [9.17, 15) is 4.39 Å². The Kier molecular flexibility index (Phi) is 4.24. The molecule has 0 aliphatic heterocycles. The molecule has 0 saturated heterocycles. The molecule has 84 valence electrons. The molecule has 1 rings (SSSR count). The third kappa shape index (κ3) is 2.76. The van der Waals surface area contributed by atoms with Gasteiger partial charge in [-0.2, -0.15) is 0 Å². The summed E-state index contributed by atoms with van der Waals surface area (Å²) < 4.78 is 18.2. The molecule has 0 aromatic heterocycles. The molecule has 0 heterocycles. The number of nitrogens with one attached hydrogen (secondary N) is 1. The van der Waals surface area contributed by atoms with Crippen molar-refractivity contribution in [3.05, 3.63) is 35.1 Å². The van der Waals surface area contributed by atoms with Crippen LogP contribution in [0.3, 0.4) is 0 Å². The summed E-state index contributed by atoms with van der Waals surface area (Å²) in [6, 6.07) is 4.92. The lowest BCUT2D eigenvalue weighted by molar-refractivity contribution is 0.0854. The lowest BCUT2D eigenvalue weighted by atomic mass is 9.97. The second-order valence-electron chi connectivity index (χ2n) is 3.71. The molecule has 15 heavy (non-hydrogen) atoms. The van der Waals surface area contributed by atoms with Crippen LogP contribution in [0.4, 0.5) is 4.39 Å². The van der Waals surface area contributed by atoms with E-state index < -0.39 is 0 Å². The van der Waals surface area contributed by atoms with Crippen LogP contribution < -0.4 is 5.32 Å². The van der Waals surface area contributed by atoms with Crippen molar-refractivity contribution < 1.29 is 9.13 Å². The molecular formula is C12H18FNO. The number of hydrogen-bond donors (Lipinski definition) is 1. The zero-order valence-electron chi connectivity index (χ0n) is 9.67. The van der Waals surface area contributed by atoms with Crippen LogP contribution in [0.1, 0.15) is 24.1 Å². The van der Waals surface area contributed by atoms with E-state index >= 15 is 0 Å². The van der Waals surface area contributed by atoms with E-state index in [0.717, 1.165) is 11.1 Å². The van der Waals surface area contributed by atoms with Gasteiger partial charge in [-0.1, -0.05) is 6.07 Å². The Balaban J connectivity index is 3.01. The van der Waals surface area contributed by atoms with Crippen molar-refractivity contribution in [1.82, 2.24) is 5.32 Å². The molecule has 0 bridgehead atoms. The van der Waals surface area contributed by atoms with Crippen LogP contribution in [0, 0.1) is 12.7 Å². The summed E-state index contributed by atoms with van der Waals surface area (Å²) in [4.78, 5) is 0. The Labute approximate surface area is 90.4 Å². The summed E-state index contributed by atoms with van der Waals surface area (Å²) in [5.74, 6) is -0.198. The first-order chi connectivity index (χ1) is 7.10. The van der Waals surface area contributed by atoms with Crippen LogP contribution >= 0.6 is 0 Å². The lowest BCUT2D eigenvalue weighted by Crippen LogP contribution is -2.29. The van der Waals surface area contributed by atoms with Crippen molar-refractivity contribution >= 4 is 0 Å². The first kappa shape index (κ1) is 12.1. The predicted molar refractivity (Wildman–Crippen MR) is 59.4 cm³/mol. The molecule has 2 atom stereocenters. The maximum atomic E-state index is 12.9. The van der Waals surface area contributed by atoms with Crippen molar-refractivity contribution in [1.29, 1.82) is 0 Å². The van der Waals surface area contributed by atoms with Crippen molar-refractivity contribution in [3.8, 4) is 0 Å². The van der Waals surface area contributed by atoms with E-state index in [4.69, 9.17) is 4.74 Å². The van der Waals surface area contributed by atoms with Gasteiger partial charge in [0.15, 0.2) is 0 Å². The standard InChI is InChI=1S/C12H18FNO/c1-8-7-10(13)5-6-11(8)12(14-3)9(2)15-4/h5-7,9,12,14H,1-4H3. The molecule has 1 aromatic rings. The molecule has 1 aromatic carbocycles. The van der Waals surface area contributed by atoms with E-state index in [2.05, 4.69) is 5.32 Å². The predicted octanol–water partition coefficient (Wildman–Crippen LogP) is 2.43. The van der Waals surface area contributed by atoms with Crippen LogP contribution in [0.25, 0.3) is 0 Å². The number of halogens is 1. The first-order valence-electron chi connectivity index (χ1n) is 5.06.